The highest BCUT2D eigenvalue weighted by Crippen LogP contribution is 2.49. The van der Waals surface area contributed by atoms with Crippen molar-refractivity contribution >= 4 is 0 Å². The molecule has 1 fully saturated rings. The van der Waals surface area contributed by atoms with E-state index in [9.17, 15) is 13.2 Å². The molecule has 1 aliphatic heterocycles. The monoisotopic (exact) mass is 276 g/mol. The Bertz CT molecular complexity index is 439. The number of benzene rings is 1. The Kier molecular flexibility index (Phi) is 3.38. The van der Waals surface area contributed by atoms with Crippen molar-refractivity contribution in [1.82, 2.24) is 0 Å². The van der Waals surface area contributed by atoms with Crippen LogP contribution < -0.4 is 9.47 Å². The molecule has 0 saturated carbocycles. The van der Waals surface area contributed by atoms with Crippen LogP contribution in [0.3, 0.4) is 0 Å². The van der Waals surface area contributed by atoms with Crippen molar-refractivity contribution in [3.63, 3.8) is 0 Å². The molecule has 2 rings (SSSR count). The molecule has 106 valence electrons. The normalized spacial score (nSPS) is 25.6. The number of ether oxygens (including phenoxy) is 3. The van der Waals surface area contributed by atoms with Crippen LogP contribution in [0.1, 0.15) is 13.8 Å². The second-order valence-electron chi connectivity index (χ2n) is 5.00. The standard InChI is InChI=1S/C13H15F3O3/c1-12(2)10(13(14,15)16)19-11(12)18-9-6-4-8(17-3)5-7-9/h4-7,10-11H,1-3H3. The minimum Gasteiger partial charge on any atom is -0.497 e. The van der Waals surface area contributed by atoms with Crippen LogP contribution in [-0.4, -0.2) is 25.7 Å². The van der Waals surface area contributed by atoms with Gasteiger partial charge in [0.25, 0.3) is 0 Å². The summed E-state index contributed by atoms with van der Waals surface area (Å²) in [5.41, 5.74) is -1.11. The van der Waals surface area contributed by atoms with E-state index in [-0.39, 0.29) is 0 Å². The van der Waals surface area contributed by atoms with Gasteiger partial charge in [-0.25, -0.2) is 0 Å². The fraction of sp³-hybridized carbons (Fsp3) is 0.538. The molecule has 1 aromatic rings. The minimum absolute atomic E-state index is 0.444. The van der Waals surface area contributed by atoms with Crippen molar-refractivity contribution in [1.29, 1.82) is 0 Å². The van der Waals surface area contributed by atoms with Crippen LogP contribution in [0.15, 0.2) is 24.3 Å². The van der Waals surface area contributed by atoms with E-state index in [0.717, 1.165) is 0 Å². The molecule has 0 radical (unpaired) electrons. The number of halogens is 3. The van der Waals surface area contributed by atoms with Crippen LogP contribution in [0.25, 0.3) is 0 Å². The Labute approximate surface area is 109 Å². The number of rotatable bonds is 3. The lowest BCUT2D eigenvalue weighted by atomic mass is 9.80. The minimum atomic E-state index is -4.37. The lowest BCUT2D eigenvalue weighted by Crippen LogP contribution is -2.64. The molecule has 0 spiro atoms. The van der Waals surface area contributed by atoms with Gasteiger partial charge in [-0.05, 0) is 24.3 Å². The molecule has 1 aromatic carbocycles. The average molecular weight is 276 g/mol. The fourth-order valence-corrected chi connectivity index (χ4v) is 1.98. The highest BCUT2D eigenvalue weighted by atomic mass is 19.4. The molecule has 1 saturated heterocycles. The Morgan fingerprint density at radius 2 is 1.63 bits per heavy atom. The molecule has 19 heavy (non-hydrogen) atoms. The highest BCUT2D eigenvalue weighted by Gasteiger charge is 2.63. The summed E-state index contributed by atoms with van der Waals surface area (Å²) in [6.45, 7) is 2.95. The molecule has 0 aliphatic carbocycles. The summed E-state index contributed by atoms with van der Waals surface area (Å²) in [7, 11) is 1.53. The van der Waals surface area contributed by atoms with E-state index in [2.05, 4.69) is 0 Å². The molecular formula is C13H15F3O3. The van der Waals surface area contributed by atoms with Gasteiger partial charge in [-0.2, -0.15) is 13.2 Å². The van der Waals surface area contributed by atoms with Gasteiger partial charge in [0.1, 0.15) is 11.5 Å². The smallest absolute Gasteiger partial charge is 0.415 e. The third-order valence-electron chi connectivity index (χ3n) is 3.14. The van der Waals surface area contributed by atoms with E-state index < -0.39 is 24.0 Å². The van der Waals surface area contributed by atoms with Crippen molar-refractivity contribution in [2.24, 2.45) is 5.41 Å². The topological polar surface area (TPSA) is 27.7 Å². The van der Waals surface area contributed by atoms with Gasteiger partial charge in [0.2, 0.25) is 6.29 Å². The first-order valence-electron chi connectivity index (χ1n) is 5.78. The van der Waals surface area contributed by atoms with Crippen molar-refractivity contribution in [2.75, 3.05) is 7.11 Å². The first kappa shape index (κ1) is 14.0. The Morgan fingerprint density at radius 3 is 2.05 bits per heavy atom. The van der Waals surface area contributed by atoms with Gasteiger partial charge >= 0.3 is 6.18 Å². The van der Waals surface area contributed by atoms with Crippen LogP contribution in [0.5, 0.6) is 11.5 Å². The summed E-state index contributed by atoms with van der Waals surface area (Å²) in [6, 6.07) is 6.59. The maximum absolute atomic E-state index is 12.6. The van der Waals surface area contributed by atoms with E-state index in [1.165, 1.54) is 21.0 Å². The van der Waals surface area contributed by atoms with Gasteiger partial charge in [-0.15, -0.1) is 0 Å². The second kappa shape index (κ2) is 4.59. The number of methoxy groups -OCH3 is 1. The summed E-state index contributed by atoms with van der Waals surface area (Å²) < 4.78 is 53.0. The van der Waals surface area contributed by atoms with Gasteiger partial charge in [0.05, 0.1) is 12.5 Å². The predicted molar refractivity (Wildman–Crippen MR) is 62.1 cm³/mol. The summed E-state index contributed by atoms with van der Waals surface area (Å²) >= 11 is 0. The second-order valence-corrected chi connectivity index (χ2v) is 5.00. The van der Waals surface area contributed by atoms with Gasteiger partial charge in [-0.1, -0.05) is 13.8 Å². The molecule has 3 nitrogen and oxygen atoms in total. The zero-order chi connectivity index (χ0) is 14.3. The third kappa shape index (κ3) is 2.63. The van der Waals surface area contributed by atoms with Crippen molar-refractivity contribution in [3.8, 4) is 11.5 Å². The zero-order valence-corrected chi connectivity index (χ0v) is 10.8. The summed E-state index contributed by atoms with van der Waals surface area (Å²) in [5.74, 6) is 1.09. The summed E-state index contributed by atoms with van der Waals surface area (Å²) in [6.07, 6.45) is -7.07. The third-order valence-corrected chi connectivity index (χ3v) is 3.14. The fourth-order valence-electron chi connectivity index (χ4n) is 1.98. The van der Waals surface area contributed by atoms with Crippen LogP contribution in [0.4, 0.5) is 13.2 Å². The number of hydrogen-bond donors (Lipinski definition) is 0. The molecular weight excluding hydrogens is 261 g/mol. The number of hydrogen-bond acceptors (Lipinski definition) is 3. The van der Waals surface area contributed by atoms with Crippen molar-refractivity contribution in [3.05, 3.63) is 24.3 Å². The maximum atomic E-state index is 12.6. The molecule has 0 N–H and O–H groups in total. The van der Waals surface area contributed by atoms with E-state index in [4.69, 9.17) is 14.2 Å². The van der Waals surface area contributed by atoms with Gasteiger partial charge in [0, 0.05) is 0 Å². The lowest BCUT2D eigenvalue weighted by molar-refractivity contribution is -0.389. The summed E-state index contributed by atoms with van der Waals surface area (Å²) in [4.78, 5) is 0. The molecule has 0 aromatic heterocycles. The molecule has 1 aliphatic rings. The van der Waals surface area contributed by atoms with E-state index >= 15 is 0 Å². The Morgan fingerprint density at radius 1 is 1.11 bits per heavy atom. The van der Waals surface area contributed by atoms with Gasteiger partial charge in [0.15, 0.2) is 6.10 Å². The Hall–Kier alpha value is -1.43. The first-order chi connectivity index (χ1) is 8.75. The Balaban J connectivity index is 2.02. The van der Waals surface area contributed by atoms with Crippen LogP contribution in [0, 0.1) is 5.41 Å². The first-order valence-corrected chi connectivity index (χ1v) is 5.78. The van der Waals surface area contributed by atoms with E-state index in [1.807, 2.05) is 0 Å². The van der Waals surface area contributed by atoms with Gasteiger partial charge < -0.3 is 14.2 Å². The SMILES string of the molecule is COc1ccc(OC2OC(C(F)(F)F)C2(C)C)cc1. The summed E-state index contributed by atoms with van der Waals surface area (Å²) in [5, 5.41) is 0. The largest absolute Gasteiger partial charge is 0.497 e. The van der Waals surface area contributed by atoms with Crippen molar-refractivity contribution in [2.45, 2.75) is 32.4 Å². The average Bonchev–Trinajstić information content (AvgIpc) is 2.33. The van der Waals surface area contributed by atoms with Crippen LogP contribution >= 0.6 is 0 Å². The highest BCUT2D eigenvalue weighted by molar-refractivity contribution is 5.31. The maximum Gasteiger partial charge on any atom is 0.415 e. The molecule has 2 unspecified atom stereocenters. The molecule has 1 heterocycles. The molecule has 2 atom stereocenters. The van der Waals surface area contributed by atoms with Crippen LogP contribution in [-0.2, 0) is 4.74 Å². The number of alkyl halides is 3. The molecule has 0 amide bonds. The quantitative estimate of drug-likeness (QED) is 0.847. The van der Waals surface area contributed by atoms with Gasteiger partial charge in [-0.3, -0.25) is 0 Å². The molecule has 0 bridgehead atoms. The van der Waals surface area contributed by atoms with E-state index in [1.54, 1.807) is 24.3 Å². The zero-order valence-electron chi connectivity index (χ0n) is 10.8. The predicted octanol–water partition coefficient (Wildman–Crippen LogP) is 3.39. The van der Waals surface area contributed by atoms with Crippen LogP contribution in [0.2, 0.25) is 0 Å². The lowest BCUT2D eigenvalue weighted by Gasteiger charge is -2.50. The van der Waals surface area contributed by atoms with Crippen molar-refractivity contribution < 1.29 is 27.4 Å². The molecule has 6 heteroatoms. The van der Waals surface area contributed by atoms with E-state index in [0.29, 0.717) is 11.5 Å².